The Morgan fingerprint density at radius 2 is 1.72 bits per heavy atom. The van der Waals surface area contributed by atoms with Crippen LogP contribution >= 0.6 is 0 Å². The second-order valence-corrected chi connectivity index (χ2v) is 10.2. The highest BCUT2D eigenvalue weighted by molar-refractivity contribution is 7.89. The van der Waals surface area contributed by atoms with Crippen molar-refractivity contribution in [3.63, 3.8) is 0 Å². The van der Waals surface area contributed by atoms with Crippen LogP contribution in [0.3, 0.4) is 0 Å². The summed E-state index contributed by atoms with van der Waals surface area (Å²) in [5.41, 5.74) is 0. The monoisotopic (exact) mass is 371 g/mol. The molecular formula is C18H33N3O3S. The Morgan fingerprint density at radius 3 is 2.44 bits per heavy atom. The molecule has 0 radical (unpaired) electrons. The van der Waals surface area contributed by atoms with E-state index < -0.39 is 15.3 Å². The van der Waals surface area contributed by atoms with Gasteiger partial charge in [0.2, 0.25) is 15.9 Å². The van der Waals surface area contributed by atoms with Gasteiger partial charge in [0.15, 0.2) is 0 Å². The number of hydrogen-bond acceptors (Lipinski definition) is 4. The standard InChI is InChI=1S/C18H33N3O3S/c1-19-12-15-6-4-11-21(13-15)25(23,24)17-9-5-10-20(14-17)18(22)16-7-2-3-8-16/h15-17,19H,2-14H2,1H3. The van der Waals surface area contributed by atoms with E-state index in [0.29, 0.717) is 32.0 Å². The average molecular weight is 372 g/mol. The van der Waals surface area contributed by atoms with Crippen LogP contribution in [0.15, 0.2) is 0 Å². The Hall–Kier alpha value is -0.660. The van der Waals surface area contributed by atoms with E-state index in [1.54, 1.807) is 4.31 Å². The fraction of sp³-hybridized carbons (Fsp3) is 0.944. The van der Waals surface area contributed by atoms with Crippen LogP contribution in [0.4, 0.5) is 0 Å². The second-order valence-electron chi connectivity index (χ2n) is 8.00. The maximum absolute atomic E-state index is 13.1. The molecule has 1 amide bonds. The van der Waals surface area contributed by atoms with Crippen LogP contribution < -0.4 is 5.32 Å². The largest absolute Gasteiger partial charge is 0.341 e. The molecule has 144 valence electrons. The average Bonchev–Trinajstić information content (AvgIpc) is 3.16. The highest BCUT2D eigenvalue weighted by atomic mass is 32.2. The predicted molar refractivity (Wildman–Crippen MR) is 98.7 cm³/mol. The van der Waals surface area contributed by atoms with Gasteiger partial charge in [-0.15, -0.1) is 0 Å². The smallest absolute Gasteiger partial charge is 0.225 e. The quantitative estimate of drug-likeness (QED) is 0.794. The number of carbonyl (C=O) groups excluding carboxylic acids is 1. The molecule has 2 heterocycles. The molecular weight excluding hydrogens is 338 g/mol. The summed E-state index contributed by atoms with van der Waals surface area (Å²) >= 11 is 0. The summed E-state index contributed by atoms with van der Waals surface area (Å²) in [6.07, 6.45) is 7.72. The lowest BCUT2D eigenvalue weighted by molar-refractivity contribution is -0.136. The Balaban J connectivity index is 1.64. The molecule has 1 N–H and O–H groups in total. The van der Waals surface area contributed by atoms with Gasteiger partial charge in [0.25, 0.3) is 0 Å². The van der Waals surface area contributed by atoms with E-state index in [0.717, 1.165) is 58.0 Å². The third-order valence-corrected chi connectivity index (χ3v) is 8.43. The summed E-state index contributed by atoms with van der Waals surface area (Å²) < 4.78 is 28.0. The maximum Gasteiger partial charge on any atom is 0.225 e. The van der Waals surface area contributed by atoms with Crippen molar-refractivity contribution in [2.45, 2.75) is 56.6 Å². The molecule has 0 aromatic carbocycles. The minimum atomic E-state index is -3.31. The van der Waals surface area contributed by atoms with Crippen LogP contribution in [0.25, 0.3) is 0 Å². The topological polar surface area (TPSA) is 69.7 Å². The second kappa shape index (κ2) is 8.35. The van der Waals surface area contributed by atoms with E-state index in [1.165, 1.54) is 0 Å². The van der Waals surface area contributed by atoms with Crippen LogP contribution in [-0.2, 0) is 14.8 Å². The molecule has 3 rings (SSSR count). The molecule has 0 aromatic rings. The van der Waals surface area contributed by atoms with Gasteiger partial charge in [-0.25, -0.2) is 12.7 Å². The van der Waals surface area contributed by atoms with Crippen LogP contribution in [0.2, 0.25) is 0 Å². The summed E-state index contributed by atoms with van der Waals surface area (Å²) in [5, 5.41) is 2.75. The highest BCUT2D eigenvalue weighted by Gasteiger charge is 2.39. The van der Waals surface area contributed by atoms with Gasteiger partial charge in [0.1, 0.15) is 0 Å². The van der Waals surface area contributed by atoms with Gasteiger partial charge in [0, 0.05) is 32.1 Å². The first-order chi connectivity index (χ1) is 12.0. The van der Waals surface area contributed by atoms with E-state index in [1.807, 2.05) is 11.9 Å². The SMILES string of the molecule is CNCC1CCCN(S(=O)(=O)C2CCCN(C(=O)C3CCCC3)C2)C1. The molecule has 0 aromatic heterocycles. The van der Waals surface area contributed by atoms with Crippen LogP contribution in [-0.4, -0.2) is 68.6 Å². The molecule has 2 unspecified atom stereocenters. The van der Waals surface area contributed by atoms with E-state index in [-0.39, 0.29) is 11.8 Å². The van der Waals surface area contributed by atoms with Gasteiger partial charge in [-0.05, 0) is 58.0 Å². The molecule has 0 bridgehead atoms. The van der Waals surface area contributed by atoms with Crippen molar-refractivity contribution in [2.24, 2.45) is 11.8 Å². The molecule has 2 aliphatic heterocycles. The zero-order chi connectivity index (χ0) is 17.9. The summed E-state index contributed by atoms with van der Waals surface area (Å²) in [7, 11) is -1.40. The van der Waals surface area contributed by atoms with Crippen molar-refractivity contribution in [3.05, 3.63) is 0 Å². The highest BCUT2D eigenvalue weighted by Crippen LogP contribution is 2.30. The predicted octanol–water partition coefficient (Wildman–Crippen LogP) is 1.43. The van der Waals surface area contributed by atoms with Gasteiger partial charge < -0.3 is 10.2 Å². The molecule has 2 atom stereocenters. The van der Waals surface area contributed by atoms with E-state index in [4.69, 9.17) is 0 Å². The maximum atomic E-state index is 13.1. The fourth-order valence-corrected chi connectivity index (χ4v) is 6.79. The van der Waals surface area contributed by atoms with Crippen molar-refractivity contribution < 1.29 is 13.2 Å². The van der Waals surface area contributed by atoms with Crippen molar-refractivity contribution >= 4 is 15.9 Å². The molecule has 1 saturated carbocycles. The van der Waals surface area contributed by atoms with Gasteiger partial charge >= 0.3 is 0 Å². The number of sulfonamides is 1. The van der Waals surface area contributed by atoms with Crippen molar-refractivity contribution in [2.75, 3.05) is 39.8 Å². The zero-order valence-corrected chi connectivity index (χ0v) is 16.3. The first-order valence-electron chi connectivity index (χ1n) is 9.94. The number of amides is 1. The third kappa shape index (κ3) is 4.37. The first-order valence-corrected chi connectivity index (χ1v) is 11.4. The number of nitrogens with one attached hydrogen (secondary N) is 1. The summed E-state index contributed by atoms with van der Waals surface area (Å²) in [6.45, 7) is 3.24. The Morgan fingerprint density at radius 1 is 1.00 bits per heavy atom. The summed E-state index contributed by atoms with van der Waals surface area (Å²) in [5.74, 6) is 0.730. The molecule has 3 aliphatic rings. The van der Waals surface area contributed by atoms with Crippen molar-refractivity contribution in [1.29, 1.82) is 0 Å². The summed E-state index contributed by atoms with van der Waals surface area (Å²) in [6, 6.07) is 0. The Labute approximate surface area is 152 Å². The lowest BCUT2D eigenvalue weighted by Crippen LogP contribution is -2.52. The van der Waals surface area contributed by atoms with E-state index >= 15 is 0 Å². The van der Waals surface area contributed by atoms with Crippen LogP contribution in [0.5, 0.6) is 0 Å². The van der Waals surface area contributed by atoms with Crippen LogP contribution in [0, 0.1) is 11.8 Å². The fourth-order valence-electron chi connectivity index (χ4n) is 4.74. The number of rotatable bonds is 5. The minimum Gasteiger partial charge on any atom is -0.341 e. The molecule has 0 spiro atoms. The van der Waals surface area contributed by atoms with Gasteiger partial charge in [-0.2, -0.15) is 0 Å². The lowest BCUT2D eigenvalue weighted by atomic mass is 10.00. The van der Waals surface area contributed by atoms with Gasteiger partial charge in [-0.3, -0.25) is 4.79 Å². The Kier molecular flexibility index (Phi) is 6.39. The first kappa shape index (κ1) is 19.1. The Bertz CT molecular complexity index is 558. The normalized spacial score (nSPS) is 29.9. The van der Waals surface area contributed by atoms with Crippen LogP contribution in [0.1, 0.15) is 51.4 Å². The number of piperidine rings is 2. The number of hydrogen-bond donors (Lipinski definition) is 1. The molecule has 25 heavy (non-hydrogen) atoms. The molecule has 1 aliphatic carbocycles. The molecule has 3 fully saturated rings. The number of carbonyl (C=O) groups is 1. The molecule has 7 heteroatoms. The molecule has 2 saturated heterocycles. The van der Waals surface area contributed by atoms with Gasteiger partial charge in [-0.1, -0.05) is 12.8 Å². The van der Waals surface area contributed by atoms with Crippen molar-refractivity contribution in [1.82, 2.24) is 14.5 Å². The summed E-state index contributed by atoms with van der Waals surface area (Å²) in [4.78, 5) is 14.5. The zero-order valence-electron chi connectivity index (χ0n) is 15.5. The lowest BCUT2D eigenvalue weighted by Gasteiger charge is -2.38. The number of nitrogens with zero attached hydrogens (tertiary/aromatic N) is 2. The number of likely N-dealkylation sites (tertiary alicyclic amines) is 1. The van der Waals surface area contributed by atoms with Gasteiger partial charge in [0.05, 0.1) is 5.25 Å². The third-order valence-electron chi connectivity index (χ3n) is 6.15. The van der Waals surface area contributed by atoms with Crippen molar-refractivity contribution in [3.8, 4) is 0 Å². The molecule has 6 nitrogen and oxygen atoms in total. The van der Waals surface area contributed by atoms with E-state index in [2.05, 4.69) is 5.32 Å². The van der Waals surface area contributed by atoms with E-state index in [9.17, 15) is 13.2 Å². The minimum absolute atomic E-state index is 0.136.